The van der Waals surface area contributed by atoms with Crippen LogP contribution in [0.4, 0.5) is 0 Å². The molecule has 0 saturated heterocycles. The average Bonchev–Trinajstić information content (AvgIpc) is 2.15. The summed E-state index contributed by atoms with van der Waals surface area (Å²) in [6, 6.07) is 9.49. The van der Waals surface area contributed by atoms with E-state index >= 15 is 0 Å². The van der Waals surface area contributed by atoms with E-state index < -0.39 is 6.10 Å². The third-order valence-corrected chi connectivity index (χ3v) is 1.98. The molecule has 1 aromatic carbocycles. The third-order valence-electron chi connectivity index (χ3n) is 1.98. The summed E-state index contributed by atoms with van der Waals surface area (Å²) < 4.78 is 0. The number of carbonyl (C=O) groups excluding carboxylic acids is 1. The van der Waals surface area contributed by atoms with Gasteiger partial charge in [0.1, 0.15) is 0 Å². The summed E-state index contributed by atoms with van der Waals surface area (Å²) >= 11 is 0. The van der Waals surface area contributed by atoms with Gasteiger partial charge in [0.15, 0.2) is 5.78 Å². The molecule has 1 rings (SSSR count). The van der Waals surface area contributed by atoms with Gasteiger partial charge < -0.3 is 5.11 Å². The lowest BCUT2D eigenvalue weighted by Crippen LogP contribution is -2.11. The molecule has 0 radical (unpaired) electrons. The molecule has 1 atom stereocenters. The molecular formula is C12H14O2. The lowest BCUT2D eigenvalue weighted by molar-refractivity contribution is -0.114. The highest BCUT2D eigenvalue weighted by molar-refractivity contribution is 5.98. The fourth-order valence-corrected chi connectivity index (χ4v) is 1.25. The first kappa shape index (κ1) is 10.7. The van der Waals surface area contributed by atoms with Crippen LogP contribution in [0.1, 0.15) is 19.4 Å². The van der Waals surface area contributed by atoms with Gasteiger partial charge in [0.05, 0.1) is 6.10 Å². The fraction of sp³-hybridized carbons (Fsp3) is 0.250. The highest BCUT2D eigenvalue weighted by Gasteiger charge is 2.09. The second-order valence-corrected chi connectivity index (χ2v) is 3.24. The molecule has 0 bridgehead atoms. The fourth-order valence-electron chi connectivity index (χ4n) is 1.25. The van der Waals surface area contributed by atoms with Gasteiger partial charge in [-0.1, -0.05) is 30.3 Å². The number of rotatable bonds is 3. The summed E-state index contributed by atoms with van der Waals surface area (Å²) in [4.78, 5) is 11.2. The Hall–Kier alpha value is -1.41. The molecule has 2 nitrogen and oxygen atoms in total. The monoisotopic (exact) mass is 190 g/mol. The predicted molar refractivity (Wildman–Crippen MR) is 56.8 cm³/mol. The Kier molecular flexibility index (Phi) is 3.60. The van der Waals surface area contributed by atoms with Gasteiger partial charge in [0.25, 0.3) is 0 Å². The van der Waals surface area contributed by atoms with Gasteiger partial charge in [-0.2, -0.15) is 0 Å². The molecule has 0 heterocycles. The highest BCUT2D eigenvalue weighted by Crippen LogP contribution is 2.10. The number of hydrogen-bond acceptors (Lipinski definition) is 2. The van der Waals surface area contributed by atoms with Crippen LogP contribution in [0.3, 0.4) is 0 Å². The van der Waals surface area contributed by atoms with Crippen LogP contribution in [-0.4, -0.2) is 17.0 Å². The zero-order valence-corrected chi connectivity index (χ0v) is 8.40. The van der Waals surface area contributed by atoms with Crippen LogP contribution in [-0.2, 0) is 4.79 Å². The Morgan fingerprint density at radius 3 is 2.36 bits per heavy atom. The predicted octanol–water partition coefficient (Wildman–Crippen LogP) is 2.04. The topological polar surface area (TPSA) is 37.3 Å². The number of benzene rings is 1. The van der Waals surface area contributed by atoms with Crippen molar-refractivity contribution in [3.8, 4) is 0 Å². The molecule has 74 valence electrons. The van der Waals surface area contributed by atoms with Crippen molar-refractivity contribution in [2.24, 2.45) is 0 Å². The van der Waals surface area contributed by atoms with E-state index in [1.807, 2.05) is 30.3 Å². The normalized spacial score (nSPS) is 13.8. The molecule has 0 aliphatic carbocycles. The Morgan fingerprint density at radius 2 is 1.93 bits per heavy atom. The number of aliphatic hydroxyl groups is 1. The van der Waals surface area contributed by atoms with Crippen LogP contribution in [0.5, 0.6) is 0 Å². The van der Waals surface area contributed by atoms with Gasteiger partial charge in [-0.3, -0.25) is 4.79 Å². The van der Waals surface area contributed by atoms with Crippen LogP contribution < -0.4 is 0 Å². The molecule has 0 unspecified atom stereocenters. The zero-order valence-electron chi connectivity index (χ0n) is 8.40. The lowest BCUT2D eigenvalue weighted by Gasteiger charge is -2.06. The summed E-state index contributed by atoms with van der Waals surface area (Å²) in [5.74, 6) is -0.0937. The van der Waals surface area contributed by atoms with Gasteiger partial charge in [-0.25, -0.2) is 0 Å². The molecular weight excluding hydrogens is 176 g/mol. The molecule has 0 aliphatic heterocycles. The van der Waals surface area contributed by atoms with Crippen molar-refractivity contribution in [3.05, 3.63) is 41.5 Å². The van der Waals surface area contributed by atoms with Gasteiger partial charge in [-0.15, -0.1) is 0 Å². The van der Waals surface area contributed by atoms with Crippen LogP contribution in [0.2, 0.25) is 0 Å². The molecule has 1 aromatic rings. The maximum atomic E-state index is 11.2. The number of ketones is 1. The van der Waals surface area contributed by atoms with E-state index in [0.29, 0.717) is 5.57 Å². The molecule has 0 aliphatic rings. The van der Waals surface area contributed by atoms with Crippen LogP contribution in [0.25, 0.3) is 6.08 Å². The SMILES string of the molecule is CC(=O)/C(=C\c1ccccc1)[C@@H](C)O. The first-order valence-corrected chi connectivity index (χ1v) is 4.57. The van der Waals surface area contributed by atoms with Crippen LogP contribution >= 0.6 is 0 Å². The van der Waals surface area contributed by atoms with Crippen molar-refractivity contribution < 1.29 is 9.90 Å². The average molecular weight is 190 g/mol. The smallest absolute Gasteiger partial charge is 0.158 e. The minimum Gasteiger partial charge on any atom is -0.389 e. The maximum Gasteiger partial charge on any atom is 0.158 e. The van der Waals surface area contributed by atoms with Crippen molar-refractivity contribution >= 4 is 11.9 Å². The third kappa shape index (κ3) is 2.82. The van der Waals surface area contributed by atoms with Crippen molar-refractivity contribution in [2.45, 2.75) is 20.0 Å². The summed E-state index contributed by atoms with van der Waals surface area (Å²) in [5.41, 5.74) is 1.37. The Morgan fingerprint density at radius 1 is 1.36 bits per heavy atom. The van der Waals surface area contributed by atoms with E-state index in [-0.39, 0.29) is 5.78 Å². The summed E-state index contributed by atoms with van der Waals surface area (Å²) in [5, 5.41) is 9.35. The second kappa shape index (κ2) is 4.72. The first-order chi connectivity index (χ1) is 6.61. The van der Waals surface area contributed by atoms with E-state index in [1.165, 1.54) is 6.92 Å². The molecule has 14 heavy (non-hydrogen) atoms. The van der Waals surface area contributed by atoms with Gasteiger partial charge >= 0.3 is 0 Å². The number of carbonyl (C=O) groups is 1. The van der Waals surface area contributed by atoms with Crippen molar-refractivity contribution in [3.63, 3.8) is 0 Å². The summed E-state index contributed by atoms with van der Waals surface area (Å²) in [6.45, 7) is 3.05. The molecule has 0 spiro atoms. The number of aliphatic hydroxyl groups excluding tert-OH is 1. The molecule has 0 fully saturated rings. The van der Waals surface area contributed by atoms with E-state index in [1.54, 1.807) is 13.0 Å². The quantitative estimate of drug-likeness (QED) is 0.740. The largest absolute Gasteiger partial charge is 0.389 e. The van der Waals surface area contributed by atoms with Gasteiger partial charge in [-0.05, 0) is 25.5 Å². The molecule has 0 saturated carbocycles. The van der Waals surface area contributed by atoms with Gasteiger partial charge in [0.2, 0.25) is 0 Å². The van der Waals surface area contributed by atoms with E-state index in [2.05, 4.69) is 0 Å². The Bertz CT molecular complexity index is 337. The minimum absolute atomic E-state index is 0.0937. The molecule has 0 aromatic heterocycles. The highest BCUT2D eigenvalue weighted by atomic mass is 16.3. The second-order valence-electron chi connectivity index (χ2n) is 3.24. The lowest BCUT2D eigenvalue weighted by atomic mass is 10.0. The molecule has 0 amide bonds. The van der Waals surface area contributed by atoms with Gasteiger partial charge in [0, 0.05) is 5.57 Å². The Balaban J connectivity index is 3.00. The van der Waals surface area contributed by atoms with Crippen molar-refractivity contribution in [1.29, 1.82) is 0 Å². The molecule has 1 N–H and O–H groups in total. The van der Waals surface area contributed by atoms with Crippen molar-refractivity contribution in [1.82, 2.24) is 0 Å². The van der Waals surface area contributed by atoms with E-state index in [0.717, 1.165) is 5.56 Å². The zero-order chi connectivity index (χ0) is 10.6. The first-order valence-electron chi connectivity index (χ1n) is 4.57. The minimum atomic E-state index is -0.715. The van der Waals surface area contributed by atoms with Crippen LogP contribution in [0, 0.1) is 0 Å². The summed E-state index contributed by atoms with van der Waals surface area (Å²) in [7, 11) is 0. The molecule has 2 heteroatoms. The van der Waals surface area contributed by atoms with E-state index in [4.69, 9.17) is 0 Å². The maximum absolute atomic E-state index is 11.2. The standard InChI is InChI=1S/C12H14O2/c1-9(13)12(10(2)14)8-11-6-4-3-5-7-11/h3-9,13H,1-2H3/b12-8-/t9-/m1/s1. The van der Waals surface area contributed by atoms with E-state index in [9.17, 15) is 9.90 Å². The Labute approximate surface area is 83.9 Å². The number of Topliss-reactive ketones (excluding diaryl/α,β-unsaturated/α-hetero) is 1. The summed E-state index contributed by atoms with van der Waals surface area (Å²) in [6.07, 6.45) is 1.00. The van der Waals surface area contributed by atoms with Crippen molar-refractivity contribution in [2.75, 3.05) is 0 Å². The number of hydrogen-bond donors (Lipinski definition) is 1. The van der Waals surface area contributed by atoms with Crippen LogP contribution in [0.15, 0.2) is 35.9 Å².